The van der Waals surface area contributed by atoms with Gasteiger partial charge in [0.15, 0.2) is 5.76 Å². The molecule has 4 heterocycles. The molecule has 9 nitrogen and oxygen atoms in total. The molecular weight excluding hydrogens is 358 g/mol. The SMILES string of the molecule is CNc1nccc(N2C[C@H](OC)[C@H](NCc3cc(-c4ccco4)n(C)n3)C2)n1. The molecule has 0 bridgehead atoms. The maximum atomic E-state index is 5.70. The van der Waals surface area contributed by atoms with Crippen LogP contribution in [0.3, 0.4) is 0 Å². The van der Waals surface area contributed by atoms with Crippen molar-refractivity contribution < 1.29 is 9.15 Å². The van der Waals surface area contributed by atoms with Gasteiger partial charge in [0.2, 0.25) is 5.95 Å². The highest BCUT2D eigenvalue weighted by atomic mass is 16.5. The van der Waals surface area contributed by atoms with Crippen LogP contribution in [-0.2, 0) is 18.3 Å². The minimum Gasteiger partial charge on any atom is -0.463 e. The summed E-state index contributed by atoms with van der Waals surface area (Å²) in [6.45, 7) is 2.23. The predicted octanol–water partition coefficient (Wildman–Crippen LogP) is 1.51. The van der Waals surface area contributed by atoms with Crippen molar-refractivity contribution in [2.75, 3.05) is 37.5 Å². The average Bonchev–Trinajstić information content (AvgIpc) is 3.45. The number of furan rings is 1. The third-order valence-electron chi connectivity index (χ3n) is 5.01. The smallest absolute Gasteiger partial charge is 0.224 e. The van der Waals surface area contributed by atoms with E-state index in [4.69, 9.17) is 9.15 Å². The molecule has 0 radical (unpaired) electrons. The molecule has 0 aliphatic carbocycles. The van der Waals surface area contributed by atoms with Gasteiger partial charge in [-0.15, -0.1) is 0 Å². The summed E-state index contributed by atoms with van der Waals surface area (Å²) in [5, 5.41) is 11.1. The maximum Gasteiger partial charge on any atom is 0.224 e. The lowest BCUT2D eigenvalue weighted by atomic mass is 10.2. The minimum atomic E-state index is 0.0706. The summed E-state index contributed by atoms with van der Waals surface area (Å²) in [4.78, 5) is 10.9. The topological polar surface area (TPSA) is 93.3 Å². The zero-order chi connectivity index (χ0) is 19.5. The molecule has 3 aromatic heterocycles. The molecule has 1 fully saturated rings. The molecule has 9 heteroatoms. The number of methoxy groups -OCH3 is 1. The number of aromatic nitrogens is 4. The van der Waals surface area contributed by atoms with Crippen LogP contribution in [0.25, 0.3) is 11.5 Å². The lowest BCUT2D eigenvalue weighted by molar-refractivity contribution is 0.0965. The third kappa shape index (κ3) is 3.71. The lowest BCUT2D eigenvalue weighted by Gasteiger charge is -2.17. The van der Waals surface area contributed by atoms with Gasteiger partial charge in [0.1, 0.15) is 11.5 Å². The molecule has 4 rings (SSSR count). The Hall–Kier alpha value is -2.91. The molecule has 3 aromatic rings. The Labute approximate surface area is 163 Å². The molecule has 1 aliphatic heterocycles. The van der Waals surface area contributed by atoms with E-state index in [1.54, 1.807) is 19.6 Å². The van der Waals surface area contributed by atoms with Crippen LogP contribution in [0.2, 0.25) is 0 Å². The molecule has 1 aliphatic rings. The first-order valence-corrected chi connectivity index (χ1v) is 9.26. The van der Waals surface area contributed by atoms with Crippen LogP contribution in [0.15, 0.2) is 41.1 Å². The van der Waals surface area contributed by atoms with E-state index in [9.17, 15) is 0 Å². The Morgan fingerprint density at radius 1 is 1.32 bits per heavy atom. The number of nitrogens with zero attached hydrogens (tertiary/aromatic N) is 5. The molecule has 0 amide bonds. The van der Waals surface area contributed by atoms with Gasteiger partial charge in [0.05, 0.1) is 24.1 Å². The molecule has 0 unspecified atom stereocenters. The zero-order valence-corrected chi connectivity index (χ0v) is 16.3. The number of aryl methyl sites for hydroxylation is 1. The van der Waals surface area contributed by atoms with E-state index in [1.807, 2.05) is 43.0 Å². The minimum absolute atomic E-state index is 0.0706. The van der Waals surface area contributed by atoms with E-state index in [0.29, 0.717) is 12.5 Å². The monoisotopic (exact) mass is 383 g/mol. The Bertz CT molecular complexity index is 909. The highest BCUT2D eigenvalue weighted by molar-refractivity contribution is 5.52. The highest BCUT2D eigenvalue weighted by Gasteiger charge is 2.33. The molecule has 28 heavy (non-hydrogen) atoms. The van der Waals surface area contributed by atoms with Crippen LogP contribution in [0, 0.1) is 0 Å². The second kappa shape index (κ2) is 7.99. The van der Waals surface area contributed by atoms with Gasteiger partial charge >= 0.3 is 0 Å². The number of hydrogen-bond acceptors (Lipinski definition) is 8. The normalized spacial score (nSPS) is 19.3. The van der Waals surface area contributed by atoms with Crippen molar-refractivity contribution in [2.24, 2.45) is 7.05 Å². The maximum absolute atomic E-state index is 5.70. The Morgan fingerprint density at radius 2 is 2.21 bits per heavy atom. The van der Waals surface area contributed by atoms with Crippen molar-refractivity contribution in [1.29, 1.82) is 0 Å². The second-order valence-electron chi connectivity index (χ2n) is 6.78. The first kappa shape index (κ1) is 18.5. The van der Waals surface area contributed by atoms with Crippen molar-refractivity contribution in [1.82, 2.24) is 25.1 Å². The van der Waals surface area contributed by atoms with E-state index < -0.39 is 0 Å². The largest absolute Gasteiger partial charge is 0.463 e. The van der Waals surface area contributed by atoms with Gasteiger partial charge in [-0.1, -0.05) is 0 Å². The first-order chi connectivity index (χ1) is 13.7. The molecule has 2 N–H and O–H groups in total. The van der Waals surface area contributed by atoms with E-state index in [-0.39, 0.29) is 12.1 Å². The summed E-state index contributed by atoms with van der Waals surface area (Å²) < 4.78 is 13.0. The Morgan fingerprint density at radius 3 is 2.96 bits per heavy atom. The standard InChI is InChI=1S/C19H25N7O2/c1-20-19-21-7-6-18(23-19)26-11-14(17(12-26)27-3)22-10-13-9-15(25(2)24-13)16-5-4-8-28-16/h4-9,14,17,22H,10-12H2,1-3H3,(H,20,21,23)/t14-,17+/m1/s1. The van der Waals surface area contributed by atoms with Crippen LogP contribution in [-0.4, -0.2) is 59.1 Å². The number of anilines is 2. The van der Waals surface area contributed by atoms with Gasteiger partial charge in [-0.3, -0.25) is 4.68 Å². The summed E-state index contributed by atoms with van der Waals surface area (Å²) >= 11 is 0. The fraction of sp³-hybridized carbons (Fsp3) is 0.421. The highest BCUT2D eigenvalue weighted by Crippen LogP contribution is 2.22. The molecule has 0 aromatic carbocycles. The van der Waals surface area contributed by atoms with Gasteiger partial charge in [0.25, 0.3) is 0 Å². The number of nitrogens with one attached hydrogen (secondary N) is 2. The fourth-order valence-electron chi connectivity index (χ4n) is 3.55. The first-order valence-electron chi connectivity index (χ1n) is 9.26. The van der Waals surface area contributed by atoms with Crippen molar-refractivity contribution >= 4 is 11.8 Å². The Kier molecular flexibility index (Phi) is 5.27. The lowest BCUT2D eigenvalue weighted by Crippen LogP contribution is -2.39. The molecule has 0 spiro atoms. The van der Waals surface area contributed by atoms with E-state index in [1.165, 1.54) is 0 Å². The van der Waals surface area contributed by atoms with Gasteiger partial charge in [-0.2, -0.15) is 10.1 Å². The van der Waals surface area contributed by atoms with Crippen molar-refractivity contribution in [3.05, 3.63) is 42.4 Å². The van der Waals surface area contributed by atoms with Gasteiger partial charge < -0.3 is 24.7 Å². The van der Waals surface area contributed by atoms with E-state index in [2.05, 4.69) is 30.6 Å². The summed E-state index contributed by atoms with van der Waals surface area (Å²) in [5.41, 5.74) is 1.92. The van der Waals surface area contributed by atoms with Crippen LogP contribution in [0.4, 0.5) is 11.8 Å². The third-order valence-corrected chi connectivity index (χ3v) is 5.01. The summed E-state index contributed by atoms with van der Waals surface area (Å²) in [7, 11) is 5.48. The molecular formula is C19H25N7O2. The van der Waals surface area contributed by atoms with Crippen molar-refractivity contribution in [3.63, 3.8) is 0 Å². The number of rotatable bonds is 7. The van der Waals surface area contributed by atoms with Gasteiger partial charge in [0, 0.05) is 47.0 Å². The molecule has 1 saturated heterocycles. The van der Waals surface area contributed by atoms with Crippen LogP contribution < -0.4 is 15.5 Å². The zero-order valence-electron chi connectivity index (χ0n) is 16.3. The van der Waals surface area contributed by atoms with Crippen molar-refractivity contribution in [3.8, 4) is 11.5 Å². The van der Waals surface area contributed by atoms with E-state index in [0.717, 1.165) is 36.1 Å². The number of ether oxygens (including phenoxy) is 1. The quantitative estimate of drug-likeness (QED) is 0.634. The van der Waals surface area contributed by atoms with E-state index >= 15 is 0 Å². The van der Waals surface area contributed by atoms with Crippen LogP contribution >= 0.6 is 0 Å². The molecule has 2 atom stereocenters. The molecule has 0 saturated carbocycles. The van der Waals surface area contributed by atoms with Crippen LogP contribution in [0.1, 0.15) is 5.69 Å². The van der Waals surface area contributed by atoms with Gasteiger partial charge in [-0.05, 0) is 24.3 Å². The predicted molar refractivity (Wildman–Crippen MR) is 106 cm³/mol. The number of hydrogen-bond donors (Lipinski definition) is 2. The Balaban J connectivity index is 1.42. The second-order valence-corrected chi connectivity index (χ2v) is 6.78. The van der Waals surface area contributed by atoms with Gasteiger partial charge in [-0.25, -0.2) is 4.98 Å². The van der Waals surface area contributed by atoms with Crippen molar-refractivity contribution in [2.45, 2.75) is 18.7 Å². The molecule has 148 valence electrons. The summed E-state index contributed by atoms with van der Waals surface area (Å²) in [6.07, 6.45) is 3.51. The average molecular weight is 383 g/mol. The fourth-order valence-corrected chi connectivity index (χ4v) is 3.55. The summed E-state index contributed by atoms with van der Waals surface area (Å²) in [5.74, 6) is 2.32. The van der Waals surface area contributed by atoms with Crippen LogP contribution in [0.5, 0.6) is 0 Å². The summed E-state index contributed by atoms with van der Waals surface area (Å²) in [6, 6.07) is 7.95.